The maximum Gasteiger partial charge on any atom is 0.347 e. The molecule has 2 unspecified atom stereocenters. The van der Waals surface area contributed by atoms with E-state index in [0.717, 1.165) is 24.0 Å². The fourth-order valence-corrected chi connectivity index (χ4v) is 6.93. The molecule has 6 heteroatoms. The lowest BCUT2D eigenvalue weighted by Gasteiger charge is -2.56. The molecular weight excluding hydrogens is 534 g/mol. The van der Waals surface area contributed by atoms with Gasteiger partial charge in [0.15, 0.2) is 6.10 Å². The van der Waals surface area contributed by atoms with Crippen molar-refractivity contribution in [1.82, 2.24) is 4.90 Å². The Morgan fingerprint density at radius 3 is 2.32 bits per heavy atom. The number of carbonyl (C=O) groups excluding carboxylic acids is 1. The number of aliphatic hydroxyl groups is 1. The van der Waals surface area contributed by atoms with E-state index in [0.29, 0.717) is 29.0 Å². The molecule has 3 rings (SSSR count). The van der Waals surface area contributed by atoms with Crippen molar-refractivity contribution in [2.24, 2.45) is 5.92 Å². The van der Waals surface area contributed by atoms with E-state index in [1.165, 1.54) is 11.1 Å². The van der Waals surface area contributed by atoms with Gasteiger partial charge in [0.05, 0.1) is 2.74 Å². The molecule has 0 radical (unpaired) electrons. The zero-order valence-electron chi connectivity index (χ0n) is 29.4. The Morgan fingerprint density at radius 1 is 1.12 bits per heavy atom. The summed E-state index contributed by atoms with van der Waals surface area (Å²) in [6.07, 6.45) is 0.796. The number of fused-ring (bicyclic) bond motifs is 1. The van der Waals surface area contributed by atoms with Crippen molar-refractivity contribution in [2.75, 3.05) is 13.6 Å². The first-order chi connectivity index (χ1) is 19.6. The van der Waals surface area contributed by atoms with Crippen LogP contribution in [0.1, 0.15) is 103 Å². The van der Waals surface area contributed by atoms with Crippen LogP contribution in [0.4, 0.5) is 0 Å². The largest absolute Gasteiger partial charge is 0.478 e. The molecule has 0 fully saturated rings. The third kappa shape index (κ3) is 6.19. The summed E-state index contributed by atoms with van der Waals surface area (Å²) in [5.41, 5.74) is 4.29. The molecule has 1 aliphatic rings. The Kier molecular flexibility index (Phi) is 8.81. The number of halogens is 1. The van der Waals surface area contributed by atoms with Gasteiger partial charge in [-0.15, -0.1) is 0 Å². The number of nitrogens with zero attached hydrogens (tertiary/aromatic N) is 1. The zero-order valence-corrected chi connectivity index (χ0v) is 28.2. The molecule has 4 atom stereocenters. The highest BCUT2D eigenvalue weighted by Crippen LogP contribution is 2.51. The molecule has 41 heavy (non-hydrogen) atoms. The quantitative estimate of drug-likeness (QED) is 0.304. The van der Waals surface area contributed by atoms with Crippen LogP contribution in [-0.2, 0) is 27.0 Å². The molecular formula is C35H52ClNO4. The molecule has 0 aliphatic heterocycles. The van der Waals surface area contributed by atoms with Crippen molar-refractivity contribution in [3.63, 3.8) is 0 Å². The van der Waals surface area contributed by atoms with Gasteiger partial charge in [-0.05, 0) is 126 Å². The molecule has 228 valence electrons. The van der Waals surface area contributed by atoms with Crippen LogP contribution in [0.2, 0.25) is 5.02 Å². The van der Waals surface area contributed by atoms with E-state index in [4.69, 9.17) is 23.8 Å². The van der Waals surface area contributed by atoms with Crippen LogP contribution in [0, 0.1) is 33.6 Å². The number of ether oxygens (including phenoxy) is 2. The number of carbonyl (C=O) groups is 1. The second-order valence-corrected chi connectivity index (χ2v) is 13.9. The number of likely N-dealkylation sites (N-methyl/N-ethyl adjacent to an activating group) is 1. The van der Waals surface area contributed by atoms with Crippen molar-refractivity contribution in [2.45, 2.75) is 125 Å². The summed E-state index contributed by atoms with van der Waals surface area (Å²) in [7, 11) is 2.04. The van der Waals surface area contributed by atoms with Crippen molar-refractivity contribution >= 4 is 17.6 Å². The number of hydrogen-bond acceptors (Lipinski definition) is 5. The molecule has 0 saturated heterocycles. The Hall–Kier alpha value is -2.08. The van der Waals surface area contributed by atoms with Gasteiger partial charge >= 0.3 is 5.97 Å². The van der Waals surface area contributed by atoms with E-state index < -0.39 is 11.7 Å². The number of esters is 1. The first-order valence-electron chi connectivity index (χ1n) is 15.8. The van der Waals surface area contributed by atoms with Gasteiger partial charge in [-0.1, -0.05) is 51.4 Å². The molecule has 2 aromatic carbocycles. The van der Waals surface area contributed by atoms with Gasteiger partial charge in [-0.3, -0.25) is 4.90 Å². The molecule has 5 nitrogen and oxygen atoms in total. The average molecular weight is 588 g/mol. The predicted molar refractivity (Wildman–Crippen MR) is 169 cm³/mol. The summed E-state index contributed by atoms with van der Waals surface area (Å²) in [6.45, 7) is 24.2. The monoisotopic (exact) mass is 587 g/mol. The lowest BCUT2D eigenvalue weighted by molar-refractivity contribution is -0.157. The van der Waals surface area contributed by atoms with E-state index in [1.807, 2.05) is 41.7 Å². The highest BCUT2D eigenvalue weighted by Gasteiger charge is 2.51. The van der Waals surface area contributed by atoms with Crippen LogP contribution in [-0.4, -0.2) is 47.3 Å². The first-order valence-corrected chi connectivity index (χ1v) is 15.2. The minimum atomic E-state index is -1.31. The Morgan fingerprint density at radius 2 is 1.73 bits per heavy atom. The van der Waals surface area contributed by atoms with E-state index in [-0.39, 0.29) is 46.1 Å². The number of hydrogen-bond donors (Lipinski definition) is 1. The molecule has 0 saturated carbocycles. The molecule has 0 aromatic heterocycles. The first kappa shape index (κ1) is 30.4. The van der Waals surface area contributed by atoms with Gasteiger partial charge in [-0.25, -0.2) is 4.79 Å². The minimum absolute atomic E-state index is 0.0117. The fourth-order valence-electron chi connectivity index (χ4n) is 6.78. The summed E-state index contributed by atoms with van der Waals surface area (Å²) in [5.74, 6) is 0.561. The van der Waals surface area contributed by atoms with Crippen LogP contribution in [0.15, 0.2) is 18.2 Å². The van der Waals surface area contributed by atoms with Gasteiger partial charge < -0.3 is 14.6 Å². The van der Waals surface area contributed by atoms with E-state index in [2.05, 4.69) is 38.7 Å². The normalized spacial score (nSPS) is 22.0. The summed E-state index contributed by atoms with van der Waals surface area (Å²) >= 11 is 6.45. The van der Waals surface area contributed by atoms with E-state index >= 15 is 0 Å². The second-order valence-electron chi connectivity index (χ2n) is 13.5. The highest BCUT2D eigenvalue weighted by molar-refractivity contribution is 6.31. The molecule has 0 bridgehead atoms. The number of aryl methyl sites for hydroxylation is 2. The molecule has 1 N–H and O–H groups in total. The summed E-state index contributed by atoms with van der Waals surface area (Å²) in [6, 6.07) is 2.22. The molecule has 0 heterocycles. The highest BCUT2D eigenvalue weighted by atomic mass is 35.5. The molecule has 2 aromatic rings. The summed E-state index contributed by atoms with van der Waals surface area (Å²) in [4.78, 5) is 15.1. The Balaban J connectivity index is 2.00. The van der Waals surface area contributed by atoms with Crippen LogP contribution in [0.3, 0.4) is 0 Å². The maximum absolute atomic E-state index is 12.8. The second kappa shape index (κ2) is 11.9. The average Bonchev–Trinajstić information content (AvgIpc) is 2.89. The zero-order chi connectivity index (χ0) is 33.0. The molecule has 0 spiro atoms. The number of benzene rings is 2. The van der Waals surface area contributed by atoms with Gasteiger partial charge in [0.25, 0.3) is 0 Å². The van der Waals surface area contributed by atoms with E-state index in [1.54, 1.807) is 20.8 Å². The third-order valence-electron chi connectivity index (χ3n) is 9.87. The summed E-state index contributed by atoms with van der Waals surface area (Å²) in [5, 5.41) is 12.2. The topological polar surface area (TPSA) is 59.0 Å². The SMILES string of the molecule is [2H]c1c([2H])c(Cl)c(C)c([C@@](C)(O)CN(C)[C@@]2(C)CCc3cc(C)c(OC(C)C(=O)OC(C)C(C)C)c(C)c3C2(C)C)c1C. The molecule has 1 aliphatic carbocycles. The number of rotatable bonds is 9. The van der Waals surface area contributed by atoms with Crippen LogP contribution >= 0.6 is 11.6 Å². The van der Waals surface area contributed by atoms with E-state index in [9.17, 15) is 9.90 Å². The Labute approximate surface area is 256 Å². The lowest BCUT2D eigenvalue weighted by atomic mass is 9.59. The number of β-amino-alcohol motifs (C(OH)–C–C–N with tert-alkyl or cyclic N) is 1. The summed E-state index contributed by atoms with van der Waals surface area (Å²) < 4.78 is 28.6. The van der Waals surface area contributed by atoms with Crippen LogP contribution < -0.4 is 4.74 Å². The van der Waals surface area contributed by atoms with Crippen molar-refractivity contribution in [3.8, 4) is 5.75 Å². The lowest BCUT2D eigenvalue weighted by Crippen LogP contribution is -2.61. The van der Waals surface area contributed by atoms with Crippen LogP contribution in [0.25, 0.3) is 0 Å². The van der Waals surface area contributed by atoms with Gasteiger partial charge in [0.2, 0.25) is 0 Å². The van der Waals surface area contributed by atoms with Gasteiger partial charge in [0, 0.05) is 22.5 Å². The minimum Gasteiger partial charge on any atom is -0.478 e. The predicted octanol–water partition coefficient (Wildman–Crippen LogP) is 7.75. The van der Waals surface area contributed by atoms with Crippen molar-refractivity contribution < 1.29 is 22.1 Å². The smallest absolute Gasteiger partial charge is 0.347 e. The van der Waals surface area contributed by atoms with Crippen molar-refractivity contribution in [3.05, 3.63) is 62.1 Å². The maximum atomic E-state index is 12.8. The fraction of sp³-hybridized carbons (Fsp3) is 0.629. The Bertz CT molecular complexity index is 1370. The standard InChI is InChI=1S/C35H52ClNO4/c1-20(2)25(7)41-32(38)26(8)40-31-22(4)18-27-16-17-35(12,33(9,10)30(27)24(31)6)37(13)19-34(11,39)29-21(3)14-15-28(36)23(29)5/h14-15,18,20,25-26,39H,16-17,19H2,1-13H3/t25?,26?,34-,35-/m0/s1/i14D,15D. The van der Waals surface area contributed by atoms with Crippen molar-refractivity contribution in [1.29, 1.82) is 0 Å². The molecule has 0 amide bonds. The third-order valence-corrected chi connectivity index (χ3v) is 10.2. The van der Waals surface area contributed by atoms with Gasteiger partial charge in [-0.2, -0.15) is 0 Å². The van der Waals surface area contributed by atoms with Crippen LogP contribution in [0.5, 0.6) is 5.75 Å². The van der Waals surface area contributed by atoms with Gasteiger partial charge in [0.1, 0.15) is 17.5 Å².